The molecular weight excluding hydrogens is 448 g/mol. The summed E-state index contributed by atoms with van der Waals surface area (Å²) >= 11 is 4.90. The molecule has 2 aliphatic rings. The van der Waals surface area contributed by atoms with Crippen LogP contribution in [0, 0.1) is 0 Å². The van der Waals surface area contributed by atoms with E-state index in [4.69, 9.17) is 21.7 Å². The monoisotopic (exact) mass is 478 g/mol. The Hall–Kier alpha value is -3.19. The average molecular weight is 479 g/mol. The highest BCUT2D eigenvalue weighted by molar-refractivity contribution is 7.80. The van der Waals surface area contributed by atoms with Crippen LogP contribution in [0.2, 0.25) is 0 Å². The third-order valence-electron chi connectivity index (χ3n) is 5.93. The Morgan fingerprint density at radius 2 is 1.65 bits per heavy atom. The first-order valence-electron chi connectivity index (χ1n) is 11.3. The number of nitrogens with zero attached hydrogens (tertiary/aromatic N) is 1. The zero-order valence-corrected chi connectivity index (χ0v) is 21.3. The van der Waals surface area contributed by atoms with Gasteiger partial charge in [0.25, 0.3) is 17.0 Å². The van der Waals surface area contributed by atoms with Gasteiger partial charge < -0.3 is 14.4 Å². The van der Waals surface area contributed by atoms with Crippen LogP contribution >= 0.6 is 12.2 Å². The molecule has 2 amide bonds. The molecular formula is C27H30N2O4S. The molecule has 2 aromatic carbocycles. The molecule has 7 heteroatoms. The van der Waals surface area contributed by atoms with Crippen molar-refractivity contribution in [2.45, 2.75) is 58.9 Å². The van der Waals surface area contributed by atoms with E-state index in [0.717, 1.165) is 5.56 Å². The van der Waals surface area contributed by atoms with Crippen molar-refractivity contribution in [1.82, 2.24) is 5.32 Å². The van der Waals surface area contributed by atoms with Gasteiger partial charge in [-0.15, -0.1) is 0 Å². The van der Waals surface area contributed by atoms with Gasteiger partial charge >= 0.3 is 0 Å². The number of anilines is 1. The number of benzene rings is 2. The minimum absolute atomic E-state index is 0.0156. The minimum Gasteiger partial charge on any atom is -0.482 e. The van der Waals surface area contributed by atoms with Gasteiger partial charge in [0, 0.05) is 0 Å². The molecule has 1 saturated heterocycles. The number of ether oxygens (including phenoxy) is 2. The molecule has 0 saturated carbocycles. The maximum Gasteiger partial charge on any atom is 0.294 e. The highest BCUT2D eigenvalue weighted by Crippen LogP contribution is 2.36. The number of fused-ring (bicyclic) bond motifs is 1. The SMILES string of the molecule is CC(C)(C)c1cc(CN2C(=O)COc3ccc(C=C4OC(=S)NC4=O)cc32)cc(C(C)(C)C)c1. The number of hydrogen-bond acceptors (Lipinski definition) is 5. The molecule has 6 nitrogen and oxygen atoms in total. The third kappa shape index (κ3) is 4.99. The number of rotatable bonds is 3. The Labute approximate surface area is 205 Å². The minimum atomic E-state index is -0.388. The molecule has 0 atom stereocenters. The molecule has 2 aliphatic heterocycles. The van der Waals surface area contributed by atoms with Crippen LogP contribution in [0.3, 0.4) is 0 Å². The maximum absolute atomic E-state index is 13.0. The molecule has 0 unspecified atom stereocenters. The van der Waals surface area contributed by atoms with E-state index in [1.54, 1.807) is 17.0 Å². The molecule has 0 radical (unpaired) electrons. The molecule has 0 spiro atoms. The van der Waals surface area contributed by atoms with Crippen LogP contribution in [0.4, 0.5) is 5.69 Å². The van der Waals surface area contributed by atoms with E-state index in [2.05, 4.69) is 65.1 Å². The lowest BCUT2D eigenvalue weighted by Gasteiger charge is -2.31. The first-order valence-corrected chi connectivity index (χ1v) is 11.7. The number of carbonyl (C=O) groups is 2. The highest BCUT2D eigenvalue weighted by atomic mass is 32.1. The maximum atomic E-state index is 13.0. The zero-order chi connectivity index (χ0) is 24.8. The van der Waals surface area contributed by atoms with Gasteiger partial charge in [0.05, 0.1) is 12.2 Å². The topological polar surface area (TPSA) is 67.9 Å². The van der Waals surface area contributed by atoms with Crippen molar-refractivity contribution < 1.29 is 19.1 Å². The van der Waals surface area contributed by atoms with Gasteiger partial charge in [0.15, 0.2) is 12.4 Å². The fraction of sp³-hybridized carbons (Fsp3) is 0.370. The Morgan fingerprint density at radius 3 is 2.21 bits per heavy atom. The van der Waals surface area contributed by atoms with Gasteiger partial charge in [-0.1, -0.05) is 65.8 Å². The zero-order valence-electron chi connectivity index (χ0n) is 20.4. The molecule has 2 heterocycles. The fourth-order valence-corrected chi connectivity index (χ4v) is 4.07. The number of hydrogen-bond donors (Lipinski definition) is 1. The first kappa shape index (κ1) is 24.0. The summed E-state index contributed by atoms with van der Waals surface area (Å²) in [6, 6.07) is 12.1. The van der Waals surface area contributed by atoms with E-state index in [1.807, 2.05) is 12.1 Å². The van der Waals surface area contributed by atoms with Gasteiger partial charge in [-0.05, 0) is 63.5 Å². The van der Waals surface area contributed by atoms with Crippen LogP contribution < -0.4 is 15.0 Å². The van der Waals surface area contributed by atoms with E-state index >= 15 is 0 Å². The highest BCUT2D eigenvalue weighted by Gasteiger charge is 2.28. The quantitative estimate of drug-likeness (QED) is 0.498. The Kier molecular flexibility index (Phi) is 6.02. The molecule has 0 aliphatic carbocycles. The lowest BCUT2D eigenvalue weighted by atomic mass is 9.79. The van der Waals surface area contributed by atoms with E-state index in [1.165, 1.54) is 11.1 Å². The number of thiocarbonyl (C=S) groups is 1. The van der Waals surface area contributed by atoms with E-state index in [0.29, 0.717) is 23.5 Å². The van der Waals surface area contributed by atoms with Gasteiger partial charge in [-0.25, -0.2) is 0 Å². The smallest absolute Gasteiger partial charge is 0.294 e. The lowest BCUT2D eigenvalue weighted by Crippen LogP contribution is -2.38. The van der Waals surface area contributed by atoms with E-state index < -0.39 is 0 Å². The van der Waals surface area contributed by atoms with E-state index in [-0.39, 0.29) is 40.2 Å². The van der Waals surface area contributed by atoms with Gasteiger partial charge in [0.2, 0.25) is 0 Å². The Bertz CT molecular complexity index is 1190. The summed E-state index contributed by atoms with van der Waals surface area (Å²) in [4.78, 5) is 26.7. The number of carbonyl (C=O) groups excluding carboxylic acids is 2. The van der Waals surface area contributed by atoms with Crippen molar-refractivity contribution in [2.24, 2.45) is 0 Å². The standard InChI is InChI=1S/C27H30N2O4S/c1-26(2,3)18-9-17(10-19(13-18)27(4,5)6)14-29-20-11-16(7-8-21(20)32-15-23(29)30)12-22-24(31)28-25(34)33-22/h7-13H,14-15H2,1-6H3,(H,28,31,34). The summed E-state index contributed by atoms with van der Waals surface area (Å²) < 4.78 is 11.0. The summed E-state index contributed by atoms with van der Waals surface area (Å²) in [7, 11) is 0. The largest absolute Gasteiger partial charge is 0.482 e. The Balaban J connectivity index is 1.73. The fourth-order valence-electron chi connectivity index (χ4n) is 3.89. The van der Waals surface area contributed by atoms with Crippen molar-refractivity contribution >= 4 is 41.0 Å². The normalized spacial score (nSPS) is 17.4. The van der Waals surface area contributed by atoms with Crippen LogP contribution in [0.1, 0.15) is 63.8 Å². The summed E-state index contributed by atoms with van der Waals surface area (Å²) in [5, 5.41) is 2.48. The molecule has 2 aromatic rings. The summed E-state index contributed by atoms with van der Waals surface area (Å²) in [6.07, 6.45) is 1.60. The van der Waals surface area contributed by atoms with Gasteiger partial charge in [0.1, 0.15) is 5.75 Å². The molecule has 1 fully saturated rings. The number of nitrogens with one attached hydrogen (secondary N) is 1. The third-order valence-corrected chi connectivity index (χ3v) is 6.12. The van der Waals surface area contributed by atoms with Crippen molar-refractivity contribution in [3.8, 4) is 5.75 Å². The van der Waals surface area contributed by atoms with Crippen molar-refractivity contribution in [3.05, 3.63) is 64.4 Å². The number of amides is 2. The molecule has 4 rings (SSSR count). The van der Waals surface area contributed by atoms with Gasteiger partial charge in [-0.2, -0.15) is 0 Å². The van der Waals surface area contributed by atoms with Crippen molar-refractivity contribution in [2.75, 3.05) is 11.5 Å². The van der Waals surface area contributed by atoms with Crippen molar-refractivity contribution in [1.29, 1.82) is 0 Å². The second-order valence-electron chi connectivity index (χ2n) is 10.8. The molecule has 1 N–H and O–H groups in total. The second-order valence-corrected chi connectivity index (χ2v) is 11.1. The summed E-state index contributed by atoms with van der Waals surface area (Å²) in [5.74, 6) is 0.233. The van der Waals surface area contributed by atoms with Crippen LogP contribution in [-0.4, -0.2) is 23.6 Å². The summed E-state index contributed by atoms with van der Waals surface area (Å²) in [6.45, 7) is 13.6. The molecule has 34 heavy (non-hydrogen) atoms. The van der Waals surface area contributed by atoms with Crippen LogP contribution in [0.25, 0.3) is 6.08 Å². The molecule has 0 bridgehead atoms. The van der Waals surface area contributed by atoms with Crippen LogP contribution in [0.5, 0.6) is 5.75 Å². The molecule has 0 aromatic heterocycles. The lowest BCUT2D eigenvalue weighted by molar-refractivity contribution is -0.121. The van der Waals surface area contributed by atoms with E-state index in [9.17, 15) is 9.59 Å². The second kappa shape index (κ2) is 8.55. The van der Waals surface area contributed by atoms with Crippen molar-refractivity contribution in [3.63, 3.8) is 0 Å². The first-order chi connectivity index (χ1) is 15.8. The molecule has 178 valence electrons. The van der Waals surface area contributed by atoms with Crippen LogP contribution in [-0.2, 0) is 31.7 Å². The summed E-state index contributed by atoms with van der Waals surface area (Å²) in [5.41, 5.74) is 4.84. The Morgan fingerprint density at radius 1 is 1.00 bits per heavy atom. The predicted molar refractivity (Wildman–Crippen MR) is 137 cm³/mol. The van der Waals surface area contributed by atoms with Crippen LogP contribution in [0.15, 0.2) is 42.2 Å². The van der Waals surface area contributed by atoms with Gasteiger partial charge in [-0.3, -0.25) is 14.9 Å². The average Bonchev–Trinajstić information content (AvgIpc) is 3.05. The predicted octanol–water partition coefficient (Wildman–Crippen LogP) is 4.98.